The van der Waals surface area contributed by atoms with Crippen LogP contribution in [0.25, 0.3) is 5.57 Å². The van der Waals surface area contributed by atoms with Crippen LogP contribution in [0.15, 0.2) is 42.6 Å². The van der Waals surface area contributed by atoms with Gasteiger partial charge in [-0.25, -0.2) is 4.79 Å². The predicted octanol–water partition coefficient (Wildman–Crippen LogP) is 3.22. The topological polar surface area (TPSA) is 85.4 Å². The summed E-state index contributed by atoms with van der Waals surface area (Å²) in [4.78, 5) is 38.9. The van der Waals surface area contributed by atoms with Crippen molar-refractivity contribution in [2.24, 2.45) is 0 Å². The van der Waals surface area contributed by atoms with Gasteiger partial charge in [-0.1, -0.05) is 25.1 Å². The highest BCUT2D eigenvalue weighted by molar-refractivity contribution is 8.16. The molecule has 1 aliphatic heterocycles. The number of rotatable bonds is 7. The molecule has 1 aromatic heterocycles. The van der Waals surface area contributed by atoms with Crippen LogP contribution in [-0.4, -0.2) is 33.4 Å². The van der Waals surface area contributed by atoms with Crippen molar-refractivity contribution in [3.8, 4) is 5.75 Å². The molecule has 1 N–H and O–H groups in total. The lowest BCUT2D eigenvalue weighted by Gasteiger charge is -2.18. The minimum absolute atomic E-state index is 0.0613. The van der Waals surface area contributed by atoms with Crippen LogP contribution < -0.4 is 10.1 Å². The molecule has 1 aromatic carbocycles. The molecule has 1 saturated heterocycles. The molecule has 2 amide bonds. The Hall–Kier alpha value is -2.89. The standard InChI is InChI=1S/C21H20N2O4S/c1-3-14-6-9-18(22-11-14)16(12-24)13-27-17-7-4-15(5-8-17)10-21(2)19(25)23-20(26)28-21/h4-9,11H,3,10,13H2,1-2H3,(H,23,25,26). The van der Waals surface area contributed by atoms with Gasteiger partial charge in [-0.15, -0.1) is 0 Å². The van der Waals surface area contributed by atoms with Crippen molar-refractivity contribution in [3.63, 3.8) is 0 Å². The maximum Gasteiger partial charge on any atom is 0.286 e. The van der Waals surface area contributed by atoms with Crippen molar-refractivity contribution in [2.45, 2.75) is 31.4 Å². The van der Waals surface area contributed by atoms with E-state index in [2.05, 4.69) is 10.3 Å². The van der Waals surface area contributed by atoms with Crippen molar-refractivity contribution < 1.29 is 19.1 Å². The number of carbonyl (C=O) groups is 2. The molecule has 1 unspecified atom stereocenters. The first-order valence-electron chi connectivity index (χ1n) is 8.89. The van der Waals surface area contributed by atoms with Gasteiger partial charge >= 0.3 is 0 Å². The van der Waals surface area contributed by atoms with Gasteiger partial charge < -0.3 is 4.74 Å². The van der Waals surface area contributed by atoms with E-state index in [4.69, 9.17) is 4.74 Å². The van der Waals surface area contributed by atoms with Gasteiger partial charge in [0.05, 0.1) is 11.3 Å². The molecule has 7 heteroatoms. The minimum atomic E-state index is -0.802. The largest absolute Gasteiger partial charge is 0.488 e. The molecule has 0 saturated carbocycles. The maximum atomic E-state index is 11.9. The van der Waals surface area contributed by atoms with Crippen LogP contribution in [0.1, 0.15) is 30.7 Å². The Morgan fingerprint density at radius 3 is 2.43 bits per heavy atom. The molecule has 0 radical (unpaired) electrons. The molecule has 1 fully saturated rings. The fourth-order valence-electron chi connectivity index (χ4n) is 2.83. The van der Waals surface area contributed by atoms with Gasteiger partial charge in [0.15, 0.2) is 0 Å². The number of nitrogens with zero attached hydrogens (tertiary/aromatic N) is 1. The van der Waals surface area contributed by atoms with Crippen LogP contribution in [0.5, 0.6) is 5.75 Å². The number of benzene rings is 1. The van der Waals surface area contributed by atoms with Crippen LogP contribution in [0, 0.1) is 0 Å². The summed E-state index contributed by atoms with van der Waals surface area (Å²) in [5.41, 5.74) is 2.90. The molecular formula is C21H20N2O4S. The van der Waals surface area contributed by atoms with Crippen molar-refractivity contribution >= 4 is 34.4 Å². The minimum Gasteiger partial charge on any atom is -0.488 e. The molecule has 144 valence electrons. The zero-order chi connectivity index (χ0) is 20.1. The molecule has 3 rings (SSSR count). The quantitative estimate of drug-likeness (QED) is 0.724. The summed E-state index contributed by atoms with van der Waals surface area (Å²) in [5, 5.41) is 2.00. The molecule has 6 nitrogen and oxygen atoms in total. The third kappa shape index (κ3) is 4.50. The van der Waals surface area contributed by atoms with Gasteiger partial charge in [0, 0.05) is 6.20 Å². The second kappa shape index (κ2) is 8.42. The predicted molar refractivity (Wildman–Crippen MR) is 108 cm³/mol. The summed E-state index contributed by atoms with van der Waals surface area (Å²) in [6.07, 6.45) is 3.05. The Morgan fingerprint density at radius 1 is 1.18 bits per heavy atom. The lowest BCUT2D eigenvalue weighted by atomic mass is 9.99. The monoisotopic (exact) mass is 396 g/mol. The first kappa shape index (κ1) is 19.9. The summed E-state index contributed by atoms with van der Waals surface area (Å²) < 4.78 is 4.88. The molecule has 0 bridgehead atoms. The number of aromatic nitrogens is 1. The number of hydrogen-bond acceptors (Lipinski definition) is 6. The number of nitrogens with one attached hydrogen (secondary N) is 1. The number of thioether (sulfide) groups is 1. The van der Waals surface area contributed by atoms with Crippen LogP contribution in [0.2, 0.25) is 0 Å². The molecule has 1 atom stereocenters. The van der Waals surface area contributed by atoms with E-state index in [-0.39, 0.29) is 17.8 Å². The third-order valence-electron chi connectivity index (χ3n) is 4.53. The van der Waals surface area contributed by atoms with E-state index >= 15 is 0 Å². The van der Waals surface area contributed by atoms with Crippen LogP contribution in [0.3, 0.4) is 0 Å². The van der Waals surface area contributed by atoms with E-state index in [0.29, 0.717) is 23.4 Å². The number of carbonyl (C=O) groups excluding carboxylic acids is 3. The van der Waals surface area contributed by atoms with Crippen LogP contribution >= 0.6 is 11.8 Å². The maximum absolute atomic E-state index is 11.9. The molecule has 0 spiro atoms. The fraction of sp³-hybridized carbons (Fsp3) is 0.286. The molecular weight excluding hydrogens is 376 g/mol. The van der Waals surface area contributed by atoms with Crippen molar-refractivity contribution in [3.05, 3.63) is 59.4 Å². The van der Waals surface area contributed by atoms with Gasteiger partial charge in [-0.3, -0.25) is 19.9 Å². The first-order valence-corrected chi connectivity index (χ1v) is 9.70. The molecule has 28 heavy (non-hydrogen) atoms. The van der Waals surface area contributed by atoms with Crippen molar-refractivity contribution in [1.29, 1.82) is 0 Å². The third-order valence-corrected chi connectivity index (χ3v) is 5.59. The number of pyridine rings is 1. The molecule has 2 aromatic rings. The number of hydrogen-bond donors (Lipinski definition) is 1. The molecule has 0 aliphatic carbocycles. The Morgan fingerprint density at radius 2 is 1.89 bits per heavy atom. The molecule has 1 aliphatic rings. The summed E-state index contributed by atoms with van der Waals surface area (Å²) in [5.74, 6) is 2.22. The Balaban J connectivity index is 1.61. The van der Waals surface area contributed by atoms with Crippen molar-refractivity contribution in [2.75, 3.05) is 6.61 Å². The van der Waals surface area contributed by atoms with Crippen molar-refractivity contribution in [1.82, 2.24) is 10.3 Å². The second-order valence-electron chi connectivity index (χ2n) is 6.67. The fourth-order valence-corrected chi connectivity index (χ4v) is 3.77. The Labute approximate surface area is 167 Å². The van der Waals surface area contributed by atoms with Gasteiger partial charge in [0.25, 0.3) is 5.24 Å². The van der Waals surface area contributed by atoms with Gasteiger partial charge in [0.1, 0.15) is 23.0 Å². The van der Waals surface area contributed by atoms with E-state index < -0.39 is 4.75 Å². The summed E-state index contributed by atoms with van der Waals surface area (Å²) in [7, 11) is 0. The van der Waals surface area contributed by atoms with E-state index in [9.17, 15) is 14.4 Å². The normalized spacial score (nSPS) is 18.5. The van der Waals surface area contributed by atoms with E-state index in [1.807, 2.05) is 31.1 Å². The Bertz CT molecular complexity index is 934. The summed E-state index contributed by atoms with van der Waals surface area (Å²) >= 11 is 1.01. The lowest BCUT2D eigenvalue weighted by molar-refractivity contribution is -0.121. The Kier molecular flexibility index (Phi) is 5.97. The van der Waals surface area contributed by atoms with Gasteiger partial charge in [-0.05, 0) is 60.9 Å². The lowest BCUT2D eigenvalue weighted by Crippen LogP contribution is -2.35. The van der Waals surface area contributed by atoms with E-state index in [0.717, 1.165) is 29.3 Å². The number of ether oxygens (including phenoxy) is 1. The second-order valence-corrected chi connectivity index (χ2v) is 8.15. The number of imide groups is 1. The number of amides is 2. The summed E-state index contributed by atoms with van der Waals surface area (Å²) in [6, 6.07) is 10.9. The number of aryl methyl sites for hydroxylation is 1. The zero-order valence-electron chi connectivity index (χ0n) is 15.7. The highest BCUT2D eigenvalue weighted by atomic mass is 32.2. The SMILES string of the molecule is CCc1ccc(C(=C=O)COc2ccc(CC3(C)SC(=O)NC3=O)cc2)nc1. The highest BCUT2D eigenvalue weighted by Crippen LogP contribution is 2.34. The van der Waals surface area contributed by atoms with Gasteiger partial charge in [0.2, 0.25) is 5.91 Å². The van der Waals surface area contributed by atoms with E-state index in [1.165, 1.54) is 0 Å². The first-order chi connectivity index (χ1) is 13.4. The zero-order valence-corrected chi connectivity index (χ0v) is 16.5. The highest BCUT2D eigenvalue weighted by Gasteiger charge is 2.43. The summed E-state index contributed by atoms with van der Waals surface area (Å²) in [6.45, 7) is 3.85. The molecule has 2 heterocycles. The average Bonchev–Trinajstić information content (AvgIpc) is 2.95. The smallest absolute Gasteiger partial charge is 0.286 e. The van der Waals surface area contributed by atoms with Crippen LogP contribution in [0.4, 0.5) is 4.79 Å². The van der Waals surface area contributed by atoms with Gasteiger partial charge in [-0.2, -0.15) is 0 Å². The average molecular weight is 396 g/mol. The van der Waals surface area contributed by atoms with E-state index in [1.54, 1.807) is 31.3 Å². The van der Waals surface area contributed by atoms with Crippen LogP contribution in [-0.2, 0) is 22.4 Å².